The number of alkyl halides is 2. The molecule has 1 N–H and O–H groups in total. The van der Waals surface area contributed by atoms with Crippen molar-refractivity contribution in [1.29, 1.82) is 0 Å². The molecular formula is C11H10F2N2O3. The molecule has 96 valence electrons. The monoisotopic (exact) mass is 256 g/mol. The van der Waals surface area contributed by atoms with E-state index in [4.69, 9.17) is 9.52 Å². The molecule has 1 aromatic heterocycles. The topological polar surface area (TPSA) is 66.6 Å². The lowest BCUT2D eigenvalue weighted by atomic mass is 10.2. The van der Waals surface area contributed by atoms with Crippen molar-refractivity contribution < 1.29 is 23.1 Å². The second kappa shape index (κ2) is 4.59. The molecule has 0 spiro atoms. The number of fused-ring (bicyclic) bond motifs is 1. The molecule has 0 fully saturated rings. The van der Waals surface area contributed by atoms with Crippen molar-refractivity contribution in [2.45, 2.75) is 6.43 Å². The van der Waals surface area contributed by atoms with E-state index in [0.29, 0.717) is 5.52 Å². The summed E-state index contributed by atoms with van der Waals surface area (Å²) in [5, 5.41) is 8.81. The van der Waals surface area contributed by atoms with Crippen LogP contribution in [0.2, 0.25) is 0 Å². The zero-order chi connectivity index (χ0) is 13.3. The number of aromatic nitrogens is 1. The van der Waals surface area contributed by atoms with Crippen LogP contribution < -0.4 is 4.90 Å². The number of rotatable bonds is 4. The van der Waals surface area contributed by atoms with Crippen molar-refractivity contribution in [1.82, 2.24) is 4.98 Å². The maximum Gasteiger partial charge on any atom is 0.335 e. The minimum absolute atomic E-state index is 0.0350. The van der Waals surface area contributed by atoms with Crippen molar-refractivity contribution in [3.8, 4) is 0 Å². The van der Waals surface area contributed by atoms with Gasteiger partial charge in [0.1, 0.15) is 5.52 Å². The van der Waals surface area contributed by atoms with Crippen LogP contribution in [-0.2, 0) is 0 Å². The maximum atomic E-state index is 12.2. The number of carboxylic acids is 1. The maximum absolute atomic E-state index is 12.2. The van der Waals surface area contributed by atoms with E-state index in [1.54, 1.807) is 0 Å². The summed E-state index contributed by atoms with van der Waals surface area (Å²) < 4.78 is 29.7. The van der Waals surface area contributed by atoms with Crippen LogP contribution >= 0.6 is 0 Å². The Labute approximate surface area is 101 Å². The van der Waals surface area contributed by atoms with Gasteiger partial charge in [-0.1, -0.05) is 0 Å². The highest BCUT2D eigenvalue weighted by Crippen LogP contribution is 2.22. The molecule has 1 aromatic carbocycles. The molecular weight excluding hydrogens is 246 g/mol. The normalized spacial score (nSPS) is 11.1. The summed E-state index contributed by atoms with van der Waals surface area (Å²) in [6.07, 6.45) is -2.50. The predicted octanol–water partition coefficient (Wildman–Crippen LogP) is 2.23. The van der Waals surface area contributed by atoms with Crippen LogP contribution in [0, 0.1) is 0 Å². The molecule has 0 aliphatic heterocycles. The van der Waals surface area contributed by atoms with Gasteiger partial charge in [-0.3, -0.25) is 0 Å². The Bertz CT molecular complexity index is 583. The van der Waals surface area contributed by atoms with Gasteiger partial charge in [0.2, 0.25) is 0 Å². The molecule has 0 unspecified atom stereocenters. The molecule has 0 saturated heterocycles. The van der Waals surface area contributed by atoms with Crippen LogP contribution in [0.15, 0.2) is 22.6 Å². The molecule has 0 aliphatic rings. The first-order chi connectivity index (χ1) is 8.47. The first-order valence-electron chi connectivity index (χ1n) is 5.10. The van der Waals surface area contributed by atoms with Gasteiger partial charge in [-0.05, 0) is 18.2 Å². The third-order valence-corrected chi connectivity index (χ3v) is 2.36. The largest absolute Gasteiger partial charge is 0.478 e. The van der Waals surface area contributed by atoms with E-state index in [-0.39, 0.29) is 17.2 Å². The van der Waals surface area contributed by atoms with E-state index in [2.05, 4.69) is 4.98 Å². The fourth-order valence-corrected chi connectivity index (χ4v) is 1.49. The molecule has 0 amide bonds. The first kappa shape index (κ1) is 12.3. The van der Waals surface area contributed by atoms with E-state index < -0.39 is 18.9 Å². The van der Waals surface area contributed by atoms with Gasteiger partial charge in [-0.25, -0.2) is 13.6 Å². The smallest absolute Gasteiger partial charge is 0.335 e. The van der Waals surface area contributed by atoms with Crippen molar-refractivity contribution in [3.05, 3.63) is 23.8 Å². The summed E-state index contributed by atoms with van der Waals surface area (Å²) in [4.78, 5) is 15.9. The lowest BCUT2D eigenvalue weighted by Crippen LogP contribution is -2.24. The third kappa shape index (κ3) is 2.39. The molecule has 18 heavy (non-hydrogen) atoms. The number of hydrogen-bond acceptors (Lipinski definition) is 4. The molecule has 0 bridgehead atoms. The van der Waals surface area contributed by atoms with Crippen LogP contribution in [0.5, 0.6) is 0 Å². The number of carboxylic acid groups (broad SMARTS) is 1. The predicted molar refractivity (Wildman–Crippen MR) is 60.2 cm³/mol. The Morgan fingerprint density at radius 1 is 1.56 bits per heavy atom. The number of aromatic carboxylic acids is 1. The fourth-order valence-electron chi connectivity index (χ4n) is 1.49. The van der Waals surface area contributed by atoms with Gasteiger partial charge in [-0.2, -0.15) is 4.98 Å². The highest BCUT2D eigenvalue weighted by molar-refractivity contribution is 5.92. The Hall–Kier alpha value is -2.18. The Morgan fingerprint density at radius 3 is 2.89 bits per heavy atom. The lowest BCUT2D eigenvalue weighted by Gasteiger charge is -2.12. The quantitative estimate of drug-likeness (QED) is 0.908. The average molecular weight is 256 g/mol. The van der Waals surface area contributed by atoms with E-state index in [1.807, 2.05) is 0 Å². The van der Waals surface area contributed by atoms with Crippen LogP contribution in [0.1, 0.15) is 10.4 Å². The lowest BCUT2D eigenvalue weighted by molar-refractivity contribution is 0.0697. The van der Waals surface area contributed by atoms with E-state index in [9.17, 15) is 13.6 Å². The SMILES string of the molecule is CN(CC(F)F)c1nc2ccc(C(=O)O)cc2o1. The van der Waals surface area contributed by atoms with E-state index in [1.165, 1.54) is 30.1 Å². The van der Waals surface area contributed by atoms with Gasteiger partial charge in [0.05, 0.1) is 12.1 Å². The van der Waals surface area contributed by atoms with Crippen LogP contribution in [0.25, 0.3) is 11.1 Å². The second-order valence-corrected chi connectivity index (χ2v) is 3.76. The number of hydrogen-bond donors (Lipinski definition) is 1. The van der Waals surface area contributed by atoms with Crippen LogP contribution in [0.4, 0.5) is 14.8 Å². The molecule has 2 rings (SSSR count). The number of carbonyl (C=O) groups is 1. The van der Waals surface area contributed by atoms with Gasteiger partial charge in [-0.15, -0.1) is 0 Å². The summed E-state index contributed by atoms with van der Waals surface area (Å²) in [5.74, 6) is -1.09. The van der Waals surface area contributed by atoms with Crippen molar-refractivity contribution >= 4 is 23.1 Å². The first-order valence-corrected chi connectivity index (χ1v) is 5.10. The molecule has 0 radical (unpaired) electrons. The van der Waals surface area contributed by atoms with Gasteiger partial charge in [0.15, 0.2) is 5.58 Å². The number of anilines is 1. The Morgan fingerprint density at radius 2 is 2.28 bits per heavy atom. The molecule has 0 atom stereocenters. The van der Waals surface area contributed by atoms with Crippen LogP contribution in [-0.4, -0.2) is 36.1 Å². The average Bonchev–Trinajstić information content (AvgIpc) is 2.70. The van der Waals surface area contributed by atoms with E-state index in [0.717, 1.165) is 0 Å². The second-order valence-electron chi connectivity index (χ2n) is 3.76. The van der Waals surface area contributed by atoms with Gasteiger partial charge >= 0.3 is 5.97 Å². The highest BCUT2D eigenvalue weighted by Gasteiger charge is 2.15. The van der Waals surface area contributed by atoms with Gasteiger partial charge in [0, 0.05) is 7.05 Å². The van der Waals surface area contributed by atoms with E-state index >= 15 is 0 Å². The Kier molecular flexibility index (Phi) is 3.14. The number of benzene rings is 1. The van der Waals surface area contributed by atoms with Crippen molar-refractivity contribution in [2.24, 2.45) is 0 Å². The molecule has 0 saturated carbocycles. The summed E-state index contributed by atoms with van der Waals surface area (Å²) in [6.45, 7) is -0.501. The molecule has 0 aliphatic carbocycles. The summed E-state index contributed by atoms with van der Waals surface area (Å²) in [5.41, 5.74) is 0.740. The van der Waals surface area contributed by atoms with Gasteiger partial charge < -0.3 is 14.4 Å². The summed E-state index contributed by atoms with van der Waals surface area (Å²) in [6, 6.07) is 4.20. The Balaban J connectivity index is 2.35. The molecule has 5 nitrogen and oxygen atoms in total. The summed E-state index contributed by atoms with van der Waals surface area (Å²) >= 11 is 0. The molecule has 2 aromatic rings. The van der Waals surface area contributed by atoms with Crippen LogP contribution in [0.3, 0.4) is 0 Å². The highest BCUT2D eigenvalue weighted by atomic mass is 19.3. The standard InChI is InChI=1S/C11H10F2N2O3/c1-15(5-9(12)13)11-14-7-3-2-6(10(16)17)4-8(7)18-11/h2-4,9H,5H2,1H3,(H,16,17). The fraction of sp³-hybridized carbons (Fsp3) is 0.273. The number of halogens is 2. The summed E-state index contributed by atoms with van der Waals surface area (Å²) in [7, 11) is 1.43. The molecule has 7 heteroatoms. The number of nitrogens with zero attached hydrogens (tertiary/aromatic N) is 2. The van der Waals surface area contributed by atoms with Crippen molar-refractivity contribution in [2.75, 3.05) is 18.5 Å². The molecule has 1 heterocycles. The third-order valence-electron chi connectivity index (χ3n) is 2.36. The minimum Gasteiger partial charge on any atom is -0.478 e. The van der Waals surface area contributed by atoms with Crippen molar-refractivity contribution in [3.63, 3.8) is 0 Å². The zero-order valence-electron chi connectivity index (χ0n) is 9.43. The zero-order valence-corrected chi connectivity index (χ0v) is 9.43. The van der Waals surface area contributed by atoms with Gasteiger partial charge in [0.25, 0.3) is 12.4 Å². The number of oxazole rings is 1. The minimum atomic E-state index is -2.50.